The molecule has 0 bridgehead atoms. The lowest BCUT2D eigenvalue weighted by Gasteiger charge is -2.30. The summed E-state index contributed by atoms with van der Waals surface area (Å²) >= 11 is 1.13. The molecule has 0 amide bonds. The van der Waals surface area contributed by atoms with Gasteiger partial charge in [-0.3, -0.25) is 0 Å². The van der Waals surface area contributed by atoms with E-state index in [1.165, 1.54) is 18.2 Å². The molecular weight excluding hydrogens is 510 g/mol. The third-order valence-electron chi connectivity index (χ3n) is 3.74. The Morgan fingerprint density at radius 2 is 1.71 bits per heavy atom. The zero-order chi connectivity index (χ0) is 23.2. The van der Waals surface area contributed by atoms with Gasteiger partial charge in [0.15, 0.2) is 0 Å². The van der Waals surface area contributed by atoms with Crippen LogP contribution in [0.15, 0.2) is 18.2 Å². The number of halogens is 1. The number of rotatable bonds is 8. The van der Waals surface area contributed by atoms with Crippen LogP contribution >= 0.6 is 34.8 Å². The first kappa shape index (κ1) is 25.0. The van der Waals surface area contributed by atoms with Gasteiger partial charge < -0.3 is 34.5 Å². The zero-order valence-corrected chi connectivity index (χ0v) is 18.4. The molecule has 19 heteroatoms. The zero-order valence-electron chi connectivity index (χ0n) is 14.9. The molecule has 1 aliphatic rings. The van der Waals surface area contributed by atoms with Crippen LogP contribution in [0.3, 0.4) is 0 Å². The number of aromatic nitrogens is 1. The number of thiazole rings is 1. The van der Waals surface area contributed by atoms with Crippen LogP contribution in [0.4, 0.5) is 4.39 Å². The number of aliphatic hydroxyl groups is 2. The SMILES string of the molecule is O=P(O)(O)OP(=O)(OC(O)(O)C1CCC(c2nc3cc(F)ccc3s2)O1)OP(=O)(O)O. The van der Waals surface area contributed by atoms with Crippen LogP contribution < -0.4 is 0 Å². The Morgan fingerprint density at radius 3 is 2.29 bits per heavy atom. The molecule has 1 saturated heterocycles. The van der Waals surface area contributed by atoms with Crippen LogP contribution in [0, 0.1) is 5.82 Å². The molecule has 1 aliphatic heterocycles. The van der Waals surface area contributed by atoms with Gasteiger partial charge in [0.25, 0.3) is 0 Å². The third kappa shape index (κ3) is 6.67. The molecule has 3 rings (SSSR count). The van der Waals surface area contributed by atoms with Crippen molar-refractivity contribution in [2.24, 2.45) is 0 Å². The standard InChI is InChI=1S/C12H15FNO13P3S/c13-6-1-3-9-7(5-6)14-11(31-9)8-2-4-10(24-8)12(15,16)25-30(23,26-28(17,18)19)27-29(20,21)22/h1,3,5,8,10,15-16H,2,4H2,(H2,17,18,19)(H2,20,21,22). The van der Waals surface area contributed by atoms with Crippen molar-refractivity contribution in [3.8, 4) is 0 Å². The second-order valence-electron chi connectivity index (χ2n) is 6.20. The van der Waals surface area contributed by atoms with Gasteiger partial charge in [-0.25, -0.2) is 27.6 Å². The van der Waals surface area contributed by atoms with Crippen LogP contribution in [-0.2, 0) is 31.6 Å². The molecule has 0 radical (unpaired) electrons. The summed E-state index contributed by atoms with van der Waals surface area (Å²) in [7, 11) is -17.4. The van der Waals surface area contributed by atoms with E-state index in [1.807, 2.05) is 0 Å². The van der Waals surface area contributed by atoms with Crippen molar-refractivity contribution in [3.05, 3.63) is 29.0 Å². The van der Waals surface area contributed by atoms with E-state index < -0.39 is 47.5 Å². The molecule has 14 nitrogen and oxygen atoms in total. The van der Waals surface area contributed by atoms with Crippen LogP contribution in [0.2, 0.25) is 0 Å². The minimum absolute atomic E-state index is 0.113. The second kappa shape index (κ2) is 8.60. The molecule has 0 saturated carbocycles. The van der Waals surface area contributed by atoms with E-state index in [2.05, 4.69) is 18.1 Å². The summed E-state index contributed by atoms with van der Waals surface area (Å²) in [6.45, 7) is 0. The predicted octanol–water partition coefficient (Wildman–Crippen LogP) is 1.64. The predicted molar refractivity (Wildman–Crippen MR) is 98.5 cm³/mol. The molecular formula is C12H15FNO13P3S. The van der Waals surface area contributed by atoms with E-state index >= 15 is 0 Å². The number of phosphoric acid groups is 3. The average molecular weight is 525 g/mol. The molecule has 6 N–H and O–H groups in total. The van der Waals surface area contributed by atoms with E-state index in [0.717, 1.165) is 11.3 Å². The van der Waals surface area contributed by atoms with Crippen molar-refractivity contribution in [2.45, 2.75) is 31.0 Å². The largest absolute Gasteiger partial charge is 0.497 e. The van der Waals surface area contributed by atoms with E-state index in [4.69, 9.17) is 24.3 Å². The monoisotopic (exact) mass is 525 g/mol. The maximum Gasteiger partial charge on any atom is 0.497 e. The smallest absolute Gasteiger partial charge is 0.359 e. The van der Waals surface area contributed by atoms with Crippen molar-refractivity contribution < 1.29 is 65.8 Å². The summed E-state index contributed by atoms with van der Waals surface area (Å²) in [6.07, 6.45) is -2.65. The maximum absolute atomic E-state index is 13.3. The normalized spacial score (nSPS) is 21.1. The minimum atomic E-state index is -5.92. The minimum Gasteiger partial charge on any atom is -0.359 e. The lowest BCUT2D eigenvalue weighted by atomic mass is 10.2. The van der Waals surface area contributed by atoms with Crippen LogP contribution in [0.25, 0.3) is 10.2 Å². The molecule has 1 aromatic carbocycles. The number of fused-ring (bicyclic) bond motifs is 1. The van der Waals surface area contributed by atoms with Gasteiger partial charge in [-0.15, -0.1) is 11.3 Å². The van der Waals surface area contributed by atoms with E-state index in [1.54, 1.807) is 0 Å². The van der Waals surface area contributed by atoms with Crippen molar-refractivity contribution in [1.82, 2.24) is 4.98 Å². The summed E-state index contributed by atoms with van der Waals surface area (Å²) in [5.41, 5.74) is 0.331. The van der Waals surface area contributed by atoms with E-state index in [0.29, 0.717) is 15.2 Å². The van der Waals surface area contributed by atoms with Crippen LogP contribution in [0.5, 0.6) is 0 Å². The fourth-order valence-corrected chi connectivity index (χ4v) is 6.89. The second-order valence-corrected chi connectivity index (χ2v) is 11.6. The lowest BCUT2D eigenvalue weighted by Crippen LogP contribution is -2.44. The highest BCUT2D eigenvalue weighted by atomic mass is 32.1. The molecule has 2 heterocycles. The number of benzene rings is 1. The van der Waals surface area contributed by atoms with Crippen LogP contribution in [0.1, 0.15) is 24.0 Å². The quantitative estimate of drug-likeness (QED) is 0.213. The first-order chi connectivity index (χ1) is 14.1. The molecule has 2 aromatic rings. The maximum atomic E-state index is 13.3. The highest BCUT2D eigenvalue weighted by Gasteiger charge is 2.53. The van der Waals surface area contributed by atoms with Gasteiger partial charge in [-0.05, 0) is 25.0 Å². The Morgan fingerprint density at radius 1 is 1.10 bits per heavy atom. The topological polar surface area (TPSA) is 222 Å². The Labute approximate surface area is 176 Å². The van der Waals surface area contributed by atoms with Crippen molar-refractivity contribution >= 4 is 45.0 Å². The Kier molecular flexibility index (Phi) is 6.92. The molecule has 0 spiro atoms. The Hall–Kier alpha value is -0.670. The molecule has 174 valence electrons. The number of hydrogen-bond donors (Lipinski definition) is 6. The van der Waals surface area contributed by atoms with Gasteiger partial charge in [0.05, 0.1) is 10.2 Å². The van der Waals surface area contributed by atoms with Gasteiger partial charge in [0.1, 0.15) is 23.0 Å². The number of hydrogen-bond acceptors (Lipinski definition) is 11. The first-order valence-electron chi connectivity index (χ1n) is 8.06. The molecule has 31 heavy (non-hydrogen) atoms. The fraction of sp³-hybridized carbons (Fsp3) is 0.417. The van der Waals surface area contributed by atoms with Gasteiger partial charge in [0.2, 0.25) is 0 Å². The molecule has 2 atom stereocenters. The highest BCUT2D eigenvalue weighted by molar-refractivity contribution is 7.66. The number of ether oxygens (including phenoxy) is 1. The Balaban J connectivity index is 1.78. The van der Waals surface area contributed by atoms with Gasteiger partial charge >= 0.3 is 29.4 Å². The summed E-state index contributed by atoms with van der Waals surface area (Å²) in [4.78, 5) is 39.3. The summed E-state index contributed by atoms with van der Waals surface area (Å²) < 4.78 is 64.9. The first-order valence-corrected chi connectivity index (χ1v) is 13.4. The van der Waals surface area contributed by atoms with E-state index in [9.17, 15) is 28.3 Å². The lowest BCUT2D eigenvalue weighted by molar-refractivity contribution is -0.345. The van der Waals surface area contributed by atoms with Gasteiger partial charge in [-0.1, -0.05) is 0 Å². The van der Waals surface area contributed by atoms with Crippen molar-refractivity contribution in [2.75, 3.05) is 0 Å². The molecule has 1 fully saturated rings. The van der Waals surface area contributed by atoms with Gasteiger partial charge in [0, 0.05) is 6.07 Å². The third-order valence-corrected chi connectivity index (χ3v) is 8.66. The fourth-order valence-electron chi connectivity index (χ4n) is 2.68. The Bertz CT molecular complexity index is 1080. The average Bonchev–Trinajstić information content (AvgIpc) is 3.16. The van der Waals surface area contributed by atoms with Crippen LogP contribution in [-0.4, -0.2) is 46.8 Å². The molecule has 2 unspecified atom stereocenters. The van der Waals surface area contributed by atoms with Crippen molar-refractivity contribution in [1.29, 1.82) is 0 Å². The summed E-state index contributed by atoms with van der Waals surface area (Å²) in [5, 5.41) is 20.5. The van der Waals surface area contributed by atoms with Gasteiger partial charge in [-0.2, -0.15) is 8.62 Å². The number of nitrogens with zero attached hydrogens (tertiary/aromatic N) is 1. The van der Waals surface area contributed by atoms with E-state index in [-0.39, 0.29) is 12.8 Å². The molecule has 0 aliphatic carbocycles. The van der Waals surface area contributed by atoms with Crippen molar-refractivity contribution in [3.63, 3.8) is 0 Å². The highest BCUT2D eigenvalue weighted by Crippen LogP contribution is 2.69. The molecule has 1 aromatic heterocycles. The summed E-state index contributed by atoms with van der Waals surface area (Å²) in [6, 6.07) is 3.89. The summed E-state index contributed by atoms with van der Waals surface area (Å²) in [5.74, 6) is -4.13.